The molecule has 2 rings (SSSR count). The highest BCUT2D eigenvalue weighted by atomic mass is 16.6. The highest BCUT2D eigenvalue weighted by Gasteiger charge is 2.35. The largest absolute Gasteiger partial charge is 0.507 e. The summed E-state index contributed by atoms with van der Waals surface area (Å²) in [6.07, 6.45) is 0.0677. The summed E-state index contributed by atoms with van der Waals surface area (Å²) in [4.78, 5) is 16.2. The van der Waals surface area contributed by atoms with E-state index < -0.39 is 12.1 Å². The van der Waals surface area contributed by atoms with Crippen LogP contribution in [0.5, 0.6) is 0 Å². The first-order valence-electron chi connectivity index (χ1n) is 6.74. The Bertz CT molecular complexity index is 558. The molecule has 1 heterocycles. The monoisotopic (exact) mass is 273 g/mol. The molecule has 0 aromatic heterocycles. The number of carbonyl (C=O) groups is 1. The zero-order chi connectivity index (χ0) is 14.7. The van der Waals surface area contributed by atoms with Gasteiger partial charge in [0.1, 0.15) is 11.3 Å². The van der Waals surface area contributed by atoms with E-state index in [1.165, 1.54) is 0 Å². The van der Waals surface area contributed by atoms with Crippen molar-refractivity contribution in [1.29, 1.82) is 0 Å². The number of aliphatic imine (C=N–C) groups is 1. The summed E-state index contributed by atoms with van der Waals surface area (Å²) in [7, 11) is 0. The van der Waals surface area contributed by atoms with Crippen LogP contribution >= 0.6 is 0 Å². The second kappa shape index (κ2) is 5.90. The van der Waals surface area contributed by atoms with Gasteiger partial charge in [-0.05, 0) is 31.4 Å². The van der Waals surface area contributed by atoms with Crippen LogP contribution in [0.3, 0.4) is 0 Å². The predicted molar refractivity (Wildman–Crippen MR) is 78.2 cm³/mol. The van der Waals surface area contributed by atoms with E-state index in [2.05, 4.69) is 4.99 Å². The van der Waals surface area contributed by atoms with Crippen LogP contribution in [-0.2, 0) is 9.53 Å². The third-order valence-electron chi connectivity index (χ3n) is 3.11. The summed E-state index contributed by atoms with van der Waals surface area (Å²) in [5.74, 6) is -0.160. The van der Waals surface area contributed by atoms with Crippen molar-refractivity contribution in [3.05, 3.63) is 41.7 Å². The summed E-state index contributed by atoms with van der Waals surface area (Å²) in [6, 6.07) is 9.32. The highest BCUT2D eigenvalue weighted by Crippen LogP contribution is 2.27. The summed E-state index contributed by atoms with van der Waals surface area (Å²) in [6.45, 7) is 5.74. The molecule has 1 aromatic carbocycles. The van der Waals surface area contributed by atoms with Crippen molar-refractivity contribution in [3.8, 4) is 0 Å². The highest BCUT2D eigenvalue weighted by molar-refractivity contribution is 6.21. The van der Waals surface area contributed by atoms with Crippen LogP contribution in [0.25, 0.3) is 0 Å². The number of aliphatic hydroxyl groups is 1. The lowest BCUT2D eigenvalue weighted by Gasteiger charge is -2.11. The maximum atomic E-state index is 11.9. The minimum absolute atomic E-state index is 0.000816. The molecule has 1 atom stereocenters. The quantitative estimate of drug-likeness (QED) is 0.674. The number of rotatable bonds is 4. The first-order valence-corrected chi connectivity index (χ1v) is 6.74. The zero-order valence-corrected chi connectivity index (χ0v) is 12.0. The Hall–Kier alpha value is -2.10. The molecule has 0 fully saturated rings. The average molecular weight is 273 g/mol. The van der Waals surface area contributed by atoms with Gasteiger partial charge < -0.3 is 9.84 Å². The molecule has 0 saturated heterocycles. The van der Waals surface area contributed by atoms with E-state index in [0.29, 0.717) is 18.1 Å². The number of aliphatic hydroxyl groups excluding tert-OH is 1. The molecule has 1 N–H and O–H groups in total. The second-order valence-electron chi connectivity index (χ2n) is 5.32. The van der Waals surface area contributed by atoms with Crippen LogP contribution in [0.1, 0.15) is 27.2 Å². The molecule has 1 aromatic rings. The fourth-order valence-electron chi connectivity index (χ4n) is 2.18. The van der Waals surface area contributed by atoms with Gasteiger partial charge in [-0.1, -0.05) is 32.0 Å². The number of para-hydroxylation sites is 1. The number of nitrogens with zero attached hydrogens (tertiary/aromatic N) is 1. The molecule has 0 radical (unpaired) electrons. The van der Waals surface area contributed by atoms with Gasteiger partial charge in [-0.2, -0.15) is 0 Å². The number of benzene rings is 1. The molecule has 1 aliphatic rings. The van der Waals surface area contributed by atoms with Gasteiger partial charge in [0.25, 0.3) is 0 Å². The van der Waals surface area contributed by atoms with Crippen molar-refractivity contribution >= 4 is 17.4 Å². The minimum atomic E-state index is -0.543. The Morgan fingerprint density at radius 3 is 2.60 bits per heavy atom. The van der Waals surface area contributed by atoms with Crippen LogP contribution in [0.4, 0.5) is 5.69 Å². The van der Waals surface area contributed by atoms with E-state index in [-0.39, 0.29) is 11.3 Å². The molecular formula is C16H19NO3. The zero-order valence-electron chi connectivity index (χ0n) is 12.0. The van der Waals surface area contributed by atoms with E-state index in [0.717, 1.165) is 5.69 Å². The van der Waals surface area contributed by atoms with Crippen molar-refractivity contribution in [1.82, 2.24) is 0 Å². The van der Waals surface area contributed by atoms with Gasteiger partial charge in [-0.3, -0.25) is 4.99 Å². The van der Waals surface area contributed by atoms with Gasteiger partial charge in [-0.15, -0.1) is 0 Å². The van der Waals surface area contributed by atoms with Crippen LogP contribution in [0.2, 0.25) is 0 Å². The maximum Gasteiger partial charge on any atom is 0.344 e. The van der Waals surface area contributed by atoms with Gasteiger partial charge in [-0.25, -0.2) is 4.79 Å². The summed E-state index contributed by atoms with van der Waals surface area (Å²) in [5.41, 5.74) is 1.41. The normalized spacial score (nSPS) is 19.7. The number of hydrogen-bond acceptors (Lipinski definition) is 4. The molecule has 20 heavy (non-hydrogen) atoms. The Balaban J connectivity index is 2.28. The topological polar surface area (TPSA) is 58.9 Å². The molecule has 0 spiro atoms. The molecular weight excluding hydrogens is 254 g/mol. The van der Waals surface area contributed by atoms with Crippen LogP contribution < -0.4 is 0 Å². The molecule has 4 nitrogen and oxygen atoms in total. The van der Waals surface area contributed by atoms with E-state index >= 15 is 0 Å². The lowest BCUT2D eigenvalue weighted by molar-refractivity contribution is -0.140. The second-order valence-corrected chi connectivity index (χ2v) is 5.32. The average Bonchev–Trinajstić information content (AvgIpc) is 2.64. The van der Waals surface area contributed by atoms with Crippen LogP contribution in [0.15, 0.2) is 46.7 Å². The van der Waals surface area contributed by atoms with Crippen LogP contribution in [0, 0.1) is 5.92 Å². The Labute approximate surface area is 118 Å². The third kappa shape index (κ3) is 3.07. The van der Waals surface area contributed by atoms with Crippen molar-refractivity contribution in [3.63, 3.8) is 0 Å². The standard InChI is InChI=1S/C16H19NO3/c1-10(2)9-13-15(18)14(16(19)20-13)11(3)17-12-7-5-4-6-8-12/h4-8,10,13,18H,9H2,1-3H3. The number of cyclic esters (lactones) is 1. The first kappa shape index (κ1) is 14.3. The summed E-state index contributed by atoms with van der Waals surface area (Å²) < 4.78 is 5.21. The van der Waals surface area contributed by atoms with Gasteiger partial charge in [0.05, 0.1) is 11.4 Å². The van der Waals surface area contributed by atoms with Crippen molar-refractivity contribution in [2.24, 2.45) is 10.9 Å². The molecule has 0 aliphatic carbocycles. The summed E-state index contributed by atoms with van der Waals surface area (Å²) >= 11 is 0. The Kier molecular flexibility index (Phi) is 4.23. The minimum Gasteiger partial charge on any atom is -0.507 e. The molecule has 0 amide bonds. The van der Waals surface area contributed by atoms with Crippen molar-refractivity contribution in [2.45, 2.75) is 33.3 Å². The number of hydrogen-bond donors (Lipinski definition) is 1. The molecule has 0 bridgehead atoms. The molecule has 4 heteroatoms. The number of carbonyl (C=O) groups excluding carboxylic acids is 1. The Morgan fingerprint density at radius 2 is 2.00 bits per heavy atom. The SMILES string of the molecule is CC(=Nc1ccccc1)C1=C(O)C(CC(C)C)OC1=O. The maximum absolute atomic E-state index is 11.9. The number of esters is 1. The first-order chi connectivity index (χ1) is 9.49. The Morgan fingerprint density at radius 1 is 1.35 bits per heavy atom. The lowest BCUT2D eigenvalue weighted by Crippen LogP contribution is -2.14. The van der Waals surface area contributed by atoms with Gasteiger partial charge in [0, 0.05) is 0 Å². The van der Waals surface area contributed by atoms with Crippen molar-refractivity contribution in [2.75, 3.05) is 0 Å². The molecule has 1 unspecified atom stereocenters. The van der Waals surface area contributed by atoms with Gasteiger partial charge in [0.15, 0.2) is 6.10 Å². The van der Waals surface area contributed by atoms with Crippen LogP contribution in [-0.4, -0.2) is 22.9 Å². The number of ether oxygens (including phenoxy) is 1. The predicted octanol–water partition coefficient (Wildman–Crippen LogP) is 3.56. The molecule has 0 saturated carbocycles. The molecule has 1 aliphatic heterocycles. The van der Waals surface area contributed by atoms with E-state index in [9.17, 15) is 9.90 Å². The van der Waals surface area contributed by atoms with E-state index in [1.54, 1.807) is 6.92 Å². The lowest BCUT2D eigenvalue weighted by atomic mass is 10.0. The smallest absolute Gasteiger partial charge is 0.344 e. The molecule has 106 valence electrons. The van der Waals surface area contributed by atoms with Crippen molar-refractivity contribution < 1.29 is 14.6 Å². The van der Waals surface area contributed by atoms with E-state index in [1.807, 2.05) is 44.2 Å². The van der Waals surface area contributed by atoms with Gasteiger partial charge in [0.2, 0.25) is 0 Å². The van der Waals surface area contributed by atoms with Gasteiger partial charge >= 0.3 is 5.97 Å². The fourth-order valence-corrected chi connectivity index (χ4v) is 2.18. The fraction of sp³-hybridized carbons (Fsp3) is 0.375. The summed E-state index contributed by atoms with van der Waals surface area (Å²) in [5, 5.41) is 10.2. The van der Waals surface area contributed by atoms with E-state index in [4.69, 9.17) is 4.74 Å². The third-order valence-corrected chi connectivity index (χ3v) is 3.11.